The first-order chi connectivity index (χ1) is 15.8. The van der Waals surface area contributed by atoms with Gasteiger partial charge in [0.05, 0.1) is 4.47 Å². The molecular formula is C27H16BrN3O. The first-order valence-electron chi connectivity index (χ1n) is 10.2. The molecule has 0 unspecified atom stereocenters. The topological polar surface area (TPSA) is 51.8 Å². The summed E-state index contributed by atoms with van der Waals surface area (Å²) < 4.78 is 7.09. The quantitative estimate of drug-likeness (QED) is 0.264. The van der Waals surface area contributed by atoms with Crippen LogP contribution in [-0.2, 0) is 0 Å². The molecular weight excluding hydrogens is 462 g/mol. The van der Waals surface area contributed by atoms with Crippen LogP contribution in [0.15, 0.2) is 106 Å². The summed E-state index contributed by atoms with van der Waals surface area (Å²) in [5.74, 6) is 1.89. The molecule has 6 aromatic rings. The van der Waals surface area contributed by atoms with Crippen LogP contribution in [0.1, 0.15) is 0 Å². The van der Waals surface area contributed by atoms with Gasteiger partial charge in [-0.1, -0.05) is 78.9 Å². The molecule has 6 rings (SSSR count). The molecule has 0 fully saturated rings. The maximum Gasteiger partial charge on any atom is 0.164 e. The third-order valence-corrected chi connectivity index (χ3v) is 6.03. The van der Waals surface area contributed by atoms with Crippen molar-refractivity contribution in [3.05, 3.63) is 102 Å². The fourth-order valence-electron chi connectivity index (χ4n) is 3.84. The second kappa shape index (κ2) is 7.70. The Morgan fingerprint density at radius 3 is 1.75 bits per heavy atom. The van der Waals surface area contributed by atoms with Crippen LogP contribution in [0.4, 0.5) is 0 Å². The molecule has 152 valence electrons. The lowest BCUT2D eigenvalue weighted by Gasteiger charge is -2.08. The van der Waals surface area contributed by atoms with Gasteiger partial charge in [0.15, 0.2) is 17.5 Å². The Labute approximate surface area is 192 Å². The predicted octanol–water partition coefficient (Wildman–Crippen LogP) is 7.53. The highest BCUT2D eigenvalue weighted by Gasteiger charge is 2.15. The van der Waals surface area contributed by atoms with Gasteiger partial charge in [0.1, 0.15) is 11.2 Å². The van der Waals surface area contributed by atoms with Gasteiger partial charge in [0, 0.05) is 27.5 Å². The maximum atomic E-state index is 6.16. The molecule has 0 N–H and O–H groups in total. The minimum Gasteiger partial charge on any atom is -0.455 e. The first kappa shape index (κ1) is 18.9. The van der Waals surface area contributed by atoms with Crippen molar-refractivity contribution in [1.82, 2.24) is 15.0 Å². The van der Waals surface area contributed by atoms with Gasteiger partial charge in [-0.2, -0.15) is 0 Å². The number of rotatable bonds is 3. The summed E-state index contributed by atoms with van der Waals surface area (Å²) in [6.07, 6.45) is 0. The summed E-state index contributed by atoms with van der Waals surface area (Å²) in [4.78, 5) is 14.4. The third kappa shape index (κ3) is 3.27. The van der Waals surface area contributed by atoms with Gasteiger partial charge < -0.3 is 4.42 Å². The van der Waals surface area contributed by atoms with Crippen molar-refractivity contribution in [3.8, 4) is 34.2 Å². The zero-order chi connectivity index (χ0) is 21.5. The molecule has 0 spiro atoms. The average Bonchev–Trinajstić information content (AvgIpc) is 3.24. The molecule has 0 aliphatic heterocycles. The zero-order valence-electron chi connectivity index (χ0n) is 16.9. The van der Waals surface area contributed by atoms with Gasteiger partial charge in [-0.25, -0.2) is 15.0 Å². The van der Waals surface area contributed by atoms with Crippen molar-refractivity contribution in [2.24, 2.45) is 0 Å². The van der Waals surface area contributed by atoms with E-state index >= 15 is 0 Å². The van der Waals surface area contributed by atoms with E-state index in [4.69, 9.17) is 19.4 Å². The van der Waals surface area contributed by atoms with E-state index in [2.05, 4.69) is 28.1 Å². The Hall–Kier alpha value is -3.83. The van der Waals surface area contributed by atoms with Crippen molar-refractivity contribution >= 4 is 37.9 Å². The summed E-state index contributed by atoms with van der Waals surface area (Å²) in [6, 6.07) is 32.1. The highest BCUT2D eigenvalue weighted by molar-refractivity contribution is 9.10. The monoisotopic (exact) mass is 477 g/mol. The Bertz CT molecular complexity index is 1520. The van der Waals surface area contributed by atoms with Gasteiger partial charge in [-0.3, -0.25) is 0 Å². The van der Waals surface area contributed by atoms with Crippen LogP contribution in [0, 0.1) is 0 Å². The lowest BCUT2D eigenvalue weighted by molar-refractivity contribution is 0.667. The van der Waals surface area contributed by atoms with E-state index in [0.717, 1.165) is 43.1 Å². The molecule has 32 heavy (non-hydrogen) atoms. The van der Waals surface area contributed by atoms with Crippen molar-refractivity contribution < 1.29 is 4.42 Å². The summed E-state index contributed by atoms with van der Waals surface area (Å²) >= 11 is 3.58. The molecule has 2 heterocycles. The maximum absolute atomic E-state index is 6.16. The van der Waals surface area contributed by atoms with Gasteiger partial charge in [0.25, 0.3) is 0 Å². The van der Waals surface area contributed by atoms with E-state index in [1.54, 1.807) is 0 Å². The van der Waals surface area contributed by atoms with Crippen LogP contribution in [0.5, 0.6) is 0 Å². The van der Waals surface area contributed by atoms with E-state index in [1.165, 1.54) is 0 Å². The number of hydrogen-bond donors (Lipinski definition) is 0. The van der Waals surface area contributed by atoms with Gasteiger partial charge in [0.2, 0.25) is 0 Å². The Morgan fingerprint density at radius 2 is 1.12 bits per heavy atom. The number of halogens is 1. The summed E-state index contributed by atoms with van der Waals surface area (Å²) in [5.41, 5.74) is 4.41. The van der Waals surface area contributed by atoms with Crippen LogP contribution in [0.25, 0.3) is 56.1 Å². The molecule has 0 saturated heterocycles. The van der Waals surface area contributed by atoms with Crippen LogP contribution in [0.3, 0.4) is 0 Å². The number of aromatic nitrogens is 3. The second-order valence-electron chi connectivity index (χ2n) is 7.47. The normalized spacial score (nSPS) is 11.3. The number of furan rings is 1. The SMILES string of the molecule is Brc1cccc2c1oc1cc(-c3nc(-c4ccccc4)nc(-c4ccccc4)n3)ccc12. The molecule has 0 saturated carbocycles. The van der Waals surface area contributed by atoms with E-state index in [1.807, 2.05) is 84.9 Å². The minimum atomic E-state index is 0.610. The highest BCUT2D eigenvalue weighted by Crippen LogP contribution is 2.35. The van der Waals surface area contributed by atoms with Crippen LogP contribution >= 0.6 is 15.9 Å². The van der Waals surface area contributed by atoms with Crippen molar-refractivity contribution in [3.63, 3.8) is 0 Å². The molecule has 5 heteroatoms. The lowest BCUT2D eigenvalue weighted by Crippen LogP contribution is -2.00. The first-order valence-corrected chi connectivity index (χ1v) is 11.0. The van der Waals surface area contributed by atoms with E-state index in [-0.39, 0.29) is 0 Å². The average molecular weight is 478 g/mol. The largest absolute Gasteiger partial charge is 0.455 e. The summed E-state index contributed by atoms with van der Waals surface area (Å²) in [6.45, 7) is 0. The standard InChI is InChI=1S/C27H16BrN3O/c28-22-13-7-12-21-20-15-14-19(16-23(20)32-24(21)22)27-30-25(17-8-3-1-4-9-17)29-26(31-27)18-10-5-2-6-11-18/h1-16H. The zero-order valence-corrected chi connectivity index (χ0v) is 18.5. The van der Waals surface area contributed by atoms with Gasteiger partial charge in [-0.05, 0) is 34.1 Å². The molecule has 0 radical (unpaired) electrons. The molecule has 0 aliphatic carbocycles. The lowest BCUT2D eigenvalue weighted by atomic mass is 10.1. The Kier molecular flexibility index (Phi) is 4.55. The summed E-state index contributed by atoms with van der Waals surface area (Å²) in [7, 11) is 0. The molecule has 0 bridgehead atoms. The fraction of sp³-hybridized carbons (Fsp3) is 0. The van der Waals surface area contributed by atoms with Crippen molar-refractivity contribution in [2.75, 3.05) is 0 Å². The second-order valence-corrected chi connectivity index (χ2v) is 8.32. The van der Waals surface area contributed by atoms with E-state index in [0.29, 0.717) is 17.5 Å². The van der Waals surface area contributed by atoms with Crippen LogP contribution < -0.4 is 0 Å². The fourth-order valence-corrected chi connectivity index (χ4v) is 4.29. The Morgan fingerprint density at radius 1 is 0.531 bits per heavy atom. The summed E-state index contributed by atoms with van der Waals surface area (Å²) in [5, 5.41) is 2.14. The van der Waals surface area contributed by atoms with Crippen molar-refractivity contribution in [2.45, 2.75) is 0 Å². The molecule has 4 nitrogen and oxygen atoms in total. The predicted molar refractivity (Wildman–Crippen MR) is 131 cm³/mol. The number of hydrogen-bond acceptors (Lipinski definition) is 4. The molecule has 0 amide bonds. The highest BCUT2D eigenvalue weighted by atomic mass is 79.9. The number of benzene rings is 4. The molecule has 0 aliphatic rings. The van der Waals surface area contributed by atoms with E-state index in [9.17, 15) is 0 Å². The van der Waals surface area contributed by atoms with Crippen LogP contribution in [-0.4, -0.2) is 15.0 Å². The number of nitrogens with zero attached hydrogens (tertiary/aromatic N) is 3. The molecule has 0 atom stereocenters. The number of para-hydroxylation sites is 1. The minimum absolute atomic E-state index is 0.610. The van der Waals surface area contributed by atoms with Crippen LogP contribution in [0.2, 0.25) is 0 Å². The molecule has 4 aromatic carbocycles. The number of fused-ring (bicyclic) bond motifs is 3. The van der Waals surface area contributed by atoms with Gasteiger partial charge in [-0.15, -0.1) is 0 Å². The third-order valence-electron chi connectivity index (χ3n) is 5.41. The van der Waals surface area contributed by atoms with Gasteiger partial charge >= 0.3 is 0 Å². The Balaban J connectivity index is 1.56. The smallest absolute Gasteiger partial charge is 0.164 e. The van der Waals surface area contributed by atoms with E-state index < -0.39 is 0 Å². The van der Waals surface area contributed by atoms with Crippen molar-refractivity contribution in [1.29, 1.82) is 0 Å². The molecule has 2 aromatic heterocycles.